The number of halogens is 2. The first-order chi connectivity index (χ1) is 16.2. The van der Waals surface area contributed by atoms with E-state index in [1.807, 2.05) is 25.1 Å². The molecule has 0 aliphatic carbocycles. The monoisotopic (exact) mass is 464 g/mol. The van der Waals surface area contributed by atoms with Crippen LogP contribution in [0.25, 0.3) is 11.1 Å². The molecule has 34 heavy (non-hydrogen) atoms. The Morgan fingerprint density at radius 1 is 1.03 bits per heavy atom. The van der Waals surface area contributed by atoms with Gasteiger partial charge in [-0.05, 0) is 60.9 Å². The van der Waals surface area contributed by atoms with Crippen molar-refractivity contribution in [2.75, 3.05) is 12.4 Å². The number of rotatable bonds is 5. The van der Waals surface area contributed by atoms with Crippen molar-refractivity contribution in [1.82, 2.24) is 0 Å². The predicted molar refractivity (Wildman–Crippen MR) is 124 cm³/mol. The van der Waals surface area contributed by atoms with E-state index in [0.717, 1.165) is 34.4 Å². The molecule has 1 N–H and O–H groups in total. The predicted octanol–water partition coefficient (Wildman–Crippen LogP) is 5.25. The summed E-state index contributed by atoms with van der Waals surface area (Å²) >= 11 is 0. The minimum Gasteiger partial charge on any atom is -0.466 e. The van der Waals surface area contributed by atoms with Crippen molar-refractivity contribution >= 4 is 23.3 Å². The molecule has 4 rings (SSSR count). The van der Waals surface area contributed by atoms with E-state index in [1.165, 1.54) is 13.2 Å². The third-order valence-electron chi connectivity index (χ3n) is 5.69. The lowest BCUT2D eigenvalue weighted by Crippen LogP contribution is -2.36. The Labute approximate surface area is 195 Å². The third kappa shape index (κ3) is 4.39. The van der Waals surface area contributed by atoms with Crippen LogP contribution < -0.4 is 5.32 Å². The van der Waals surface area contributed by atoms with Crippen molar-refractivity contribution in [3.05, 3.63) is 89.0 Å². The van der Waals surface area contributed by atoms with E-state index in [4.69, 9.17) is 9.57 Å². The van der Waals surface area contributed by atoms with Gasteiger partial charge in [-0.25, -0.2) is 13.6 Å². The fourth-order valence-electron chi connectivity index (χ4n) is 3.77. The summed E-state index contributed by atoms with van der Waals surface area (Å²) in [6.45, 7) is 3.59. The maximum Gasteiger partial charge on any atom is 0.353 e. The molecule has 0 saturated carbocycles. The maximum atomic E-state index is 13.9. The van der Waals surface area contributed by atoms with Crippen LogP contribution in [0.5, 0.6) is 0 Å². The van der Waals surface area contributed by atoms with Crippen LogP contribution in [-0.4, -0.2) is 30.3 Å². The molecule has 1 amide bonds. The van der Waals surface area contributed by atoms with E-state index in [1.54, 1.807) is 31.2 Å². The second-order valence-electron chi connectivity index (χ2n) is 8.19. The Balaban J connectivity index is 1.54. The zero-order valence-corrected chi connectivity index (χ0v) is 18.8. The highest BCUT2D eigenvalue weighted by Crippen LogP contribution is 2.31. The lowest BCUT2D eigenvalue weighted by molar-refractivity contribution is -0.164. The fourth-order valence-corrected chi connectivity index (χ4v) is 3.77. The average Bonchev–Trinajstić information content (AvgIpc) is 3.22. The van der Waals surface area contributed by atoms with E-state index in [-0.39, 0.29) is 6.42 Å². The molecule has 3 aromatic carbocycles. The van der Waals surface area contributed by atoms with Crippen LogP contribution in [0.1, 0.15) is 34.8 Å². The lowest BCUT2D eigenvalue weighted by Gasteiger charge is -2.17. The highest BCUT2D eigenvalue weighted by molar-refractivity contribution is 6.06. The van der Waals surface area contributed by atoms with Crippen molar-refractivity contribution < 1.29 is 27.9 Å². The van der Waals surface area contributed by atoms with Crippen LogP contribution in [0.15, 0.2) is 65.8 Å². The van der Waals surface area contributed by atoms with Gasteiger partial charge >= 0.3 is 5.97 Å². The second-order valence-corrected chi connectivity index (χ2v) is 8.19. The highest BCUT2D eigenvalue weighted by atomic mass is 19.1. The summed E-state index contributed by atoms with van der Waals surface area (Å²) in [5.74, 6) is -3.21. The molecule has 1 aliphatic heterocycles. The number of benzene rings is 3. The summed E-state index contributed by atoms with van der Waals surface area (Å²) in [6.07, 6.45) is 0.278. The van der Waals surface area contributed by atoms with Gasteiger partial charge in [0.1, 0.15) is 17.2 Å². The summed E-state index contributed by atoms with van der Waals surface area (Å²) in [4.78, 5) is 29.7. The molecule has 6 nitrogen and oxygen atoms in total. The molecule has 1 heterocycles. The van der Waals surface area contributed by atoms with Gasteiger partial charge in [0.05, 0.1) is 12.8 Å². The number of hydrogen-bond acceptors (Lipinski definition) is 5. The number of nitrogens with one attached hydrogen (secondary N) is 1. The molecule has 1 unspecified atom stereocenters. The van der Waals surface area contributed by atoms with Gasteiger partial charge in [-0.3, -0.25) is 4.79 Å². The lowest BCUT2D eigenvalue weighted by atomic mass is 9.92. The number of amides is 1. The number of hydrogen-bond donors (Lipinski definition) is 1. The molecular weight excluding hydrogens is 442 g/mol. The molecule has 0 radical (unpaired) electrons. The zero-order valence-electron chi connectivity index (χ0n) is 18.8. The third-order valence-corrected chi connectivity index (χ3v) is 5.69. The van der Waals surface area contributed by atoms with Crippen LogP contribution in [-0.2, 0) is 14.4 Å². The van der Waals surface area contributed by atoms with E-state index < -0.39 is 34.7 Å². The van der Waals surface area contributed by atoms with Crippen LogP contribution in [0.2, 0.25) is 0 Å². The molecule has 1 atom stereocenters. The first kappa shape index (κ1) is 23.1. The van der Waals surface area contributed by atoms with Gasteiger partial charge in [0.25, 0.3) is 5.91 Å². The number of methoxy groups -OCH3 is 1. The Hall–Kier alpha value is -4.07. The number of aryl methyl sites for hydroxylation is 1. The molecule has 0 spiro atoms. The van der Waals surface area contributed by atoms with Gasteiger partial charge < -0.3 is 14.9 Å². The topological polar surface area (TPSA) is 77.0 Å². The van der Waals surface area contributed by atoms with Crippen LogP contribution in [0.3, 0.4) is 0 Å². The summed E-state index contributed by atoms with van der Waals surface area (Å²) in [7, 11) is 1.30. The second kappa shape index (κ2) is 9.05. The molecule has 3 aromatic rings. The number of nitrogens with zero attached hydrogens (tertiary/aromatic N) is 1. The molecule has 174 valence electrons. The van der Waals surface area contributed by atoms with Gasteiger partial charge in [0.2, 0.25) is 5.60 Å². The molecule has 0 fully saturated rings. The Bertz CT molecular complexity index is 1280. The summed E-state index contributed by atoms with van der Waals surface area (Å²) < 4.78 is 32.5. The fraction of sp³-hybridized carbons (Fsp3) is 0.192. The van der Waals surface area contributed by atoms with Gasteiger partial charge in [-0.2, -0.15) is 0 Å². The van der Waals surface area contributed by atoms with Crippen molar-refractivity contribution in [2.24, 2.45) is 5.16 Å². The summed E-state index contributed by atoms with van der Waals surface area (Å²) in [6, 6.07) is 16.0. The van der Waals surface area contributed by atoms with Gasteiger partial charge in [-0.1, -0.05) is 35.5 Å². The first-order valence-electron chi connectivity index (χ1n) is 10.5. The van der Waals surface area contributed by atoms with Crippen molar-refractivity contribution in [3.63, 3.8) is 0 Å². The number of oxime groups is 1. The Morgan fingerprint density at radius 3 is 2.32 bits per heavy atom. The summed E-state index contributed by atoms with van der Waals surface area (Å²) in [5, 5.41) is 6.61. The molecule has 0 aromatic heterocycles. The minimum absolute atomic E-state index is 0.278. The van der Waals surface area contributed by atoms with Crippen LogP contribution in [0, 0.1) is 18.6 Å². The largest absolute Gasteiger partial charge is 0.466 e. The van der Waals surface area contributed by atoms with E-state index in [0.29, 0.717) is 11.4 Å². The van der Waals surface area contributed by atoms with Crippen LogP contribution >= 0.6 is 0 Å². The SMILES string of the molecule is COC(=O)C1(C)CC(c2ccc(C)c(-c3ccc(NC(=O)c4c(F)cccc4F)cc3)c2)=NO1. The van der Waals surface area contributed by atoms with Gasteiger partial charge in [0, 0.05) is 17.7 Å². The molecule has 0 bridgehead atoms. The van der Waals surface area contributed by atoms with Crippen LogP contribution in [0.4, 0.5) is 14.5 Å². The Kier molecular flexibility index (Phi) is 6.15. The van der Waals surface area contributed by atoms with Crippen molar-refractivity contribution in [1.29, 1.82) is 0 Å². The van der Waals surface area contributed by atoms with Gasteiger partial charge in [-0.15, -0.1) is 0 Å². The first-order valence-corrected chi connectivity index (χ1v) is 10.5. The molecular formula is C26H22F2N2O4. The number of esters is 1. The van der Waals surface area contributed by atoms with Crippen molar-refractivity contribution in [3.8, 4) is 11.1 Å². The van der Waals surface area contributed by atoms with E-state index in [9.17, 15) is 18.4 Å². The minimum atomic E-state index is -1.16. The smallest absolute Gasteiger partial charge is 0.353 e. The number of carbonyl (C=O) groups is 2. The molecule has 0 saturated heterocycles. The number of carbonyl (C=O) groups excluding carboxylic acids is 2. The number of ether oxygens (including phenoxy) is 1. The molecule has 8 heteroatoms. The molecule has 1 aliphatic rings. The highest BCUT2D eigenvalue weighted by Gasteiger charge is 2.43. The van der Waals surface area contributed by atoms with E-state index >= 15 is 0 Å². The zero-order chi connectivity index (χ0) is 24.5. The average molecular weight is 464 g/mol. The van der Waals surface area contributed by atoms with E-state index in [2.05, 4.69) is 10.5 Å². The number of anilines is 1. The standard InChI is InChI=1S/C26H22F2N2O4/c1-15-7-8-17(22-14-26(2,34-30-22)25(32)33-3)13-19(15)16-9-11-18(12-10-16)29-24(31)23-20(27)5-4-6-21(23)28/h4-13H,14H2,1-3H3,(H,29,31). The summed E-state index contributed by atoms with van der Waals surface area (Å²) in [5.41, 5.74) is 2.83. The van der Waals surface area contributed by atoms with Gasteiger partial charge in [0.15, 0.2) is 0 Å². The normalized spacial score (nSPS) is 17.0. The quantitative estimate of drug-likeness (QED) is 0.524. The Morgan fingerprint density at radius 2 is 1.68 bits per heavy atom. The maximum absolute atomic E-state index is 13.9. The van der Waals surface area contributed by atoms with Crippen molar-refractivity contribution in [2.45, 2.75) is 25.9 Å².